The van der Waals surface area contributed by atoms with Gasteiger partial charge >= 0.3 is 0 Å². The third-order valence-corrected chi connectivity index (χ3v) is 10.7. The lowest BCUT2D eigenvalue weighted by molar-refractivity contribution is 0.669. The summed E-state index contributed by atoms with van der Waals surface area (Å²) in [6.45, 7) is 0. The SMILES string of the molecule is c1ccc(-c2cccc(-c3ccc(-n4c5ccccc5c5ccc6oc7cc(-c8nc(-c9ccccc9)nc(-c9ccccc9)n8)ccc7c6c54)cc3)c2)cc1. The van der Waals surface area contributed by atoms with E-state index in [1.54, 1.807) is 0 Å². The van der Waals surface area contributed by atoms with Gasteiger partial charge in [0.1, 0.15) is 11.2 Å². The van der Waals surface area contributed by atoms with Crippen molar-refractivity contribution in [1.29, 1.82) is 0 Å². The number of nitrogens with zero attached hydrogens (tertiary/aromatic N) is 4. The van der Waals surface area contributed by atoms with Crippen molar-refractivity contribution in [2.24, 2.45) is 0 Å². The molecular weight excluding hydrogens is 685 g/mol. The van der Waals surface area contributed by atoms with Crippen LogP contribution in [0.3, 0.4) is 0 Å². The van der Waals surface area contributed by atoms with E-state index in [1.165, 1.54) is 33.0 Å². The van der Waals surface area contributed by atoms with Crippen molar-refractivity contribution < 1.29 is 4.42 Å². The van der Waals surface area contributed by atoms with Gasteiger partial charge < -0.3 is 8.98 Å². The number of hydrogen-bond acceptors (Lipinski definition) is 4. The van der Waals surface area contributed by atoms with E-state index in [2.05, 4.69) is 138 Å². The Bertz CT molecular complexity index is 3160. The minimum absolute atomic E-state index is 0.591. The summed E-state index contributed by atoms with van der Waals surface area (Å²) in [5, 5.41) is 4.48. The summed E-state index contributed by atoms with van der Waals surface area (Å²) in [4.78, 5) is 14.8. The maximum absolute atomic E-state index is 6.68. The first-order valence-corrected chi connectivity index (χ1v) is 18.8. The molecule has 5 heteroatoms. The average molecular weight is 717 g/mol. The zero-order valence-corrected chi connectivity index (χ0v) is 30.2. The van der Waals surface area contributed by atoms with Crippen LogP contribution in [0.4, 0.5) is 0 Å². The normalized spacial score (nSPS) is 11.6. The van der Waals surface area contributed by atoms with Crippen LogP contribution in [0.15, 0.2) is 199 Å². The molecule has 0 N–H and O–H groups in total. The Labute approximate surface area is 322 Å². The van der Waals surface area contributed by atoms with Gasteiger partial charge in [-0.1, -0.05) is 146 Å². The van der Waals surface area contributed by atoms with Gasteiger partial charge in [-0.2, -0.15) is 0 Å². The second-order valence-corrected chi connectivity index (χ2v) is 14.0. The number of benzene rings is 8. The fourth-order valence-corrected chi connectivity index (χ4v) is 7.97. The summed E-state index contributed by atoms with van der Waals surface area (Å²) in [5.74, 6) is 1.84. The minimum atomic E-state index is 0.591. The van der Waals surface area contributed by atoms with Crippen LogP contribution in [0.5, 0.6) is 0 Å². The van der Waals surface area contributed by atoms with Crippen LogP contribution in [0, 0.1) is 0 Å². The molecule has 0 atom stereocenters. The molecule has 0 saturated carbocycles. The molecular formula is C51H32N4O. The minimum Gasteiger partial charge on any atom is -0.456 e. The predicted molar refractivity (Wildman–Crippen MR) is 229 cm³/mol. The molecule has 0 saturated heterocycles. The molecule has 0 aliphatic rings. The van der Waals surface area contributed by atoms with Crippen molar-refractivity contribution in [3.8, 4) is 62.1 Å². The number of para-hydroxylation sites is 1. The topological polar surface area (TPSA) is 56.7 Å². The lowest BCUT2D eigenvalue weighted by Crippen LogP contribution is -2.00. The van der Waals surface area contributed by atoms with Crippen molar-refractivity contribution in [3.63, 3.8) is 0 Å². The Morgan fingerprint density at radius 1 is 0.339 bits per heavy atom. The first-order valence-electron chi connectivity index (χ1n) is 18.8. The Morgan fingerprint density at radius 2 is 0.857 bits per heavy atom. The average Bonchev–Trinajstić information content (AvgIpc) is 3.82. The van der Waals surface area contributed by atoms with Gasteiger partial charge in [0.2, 0.25) is 0 Å². The molecule has 262 valence electrons. The van der Waals surface area contributed by atoms with E-state index in [0.29, 0.717) is 17.5 Å². The number of furan rings is 1. The highest BCUT2D eigenvalue weighted by atomic mass is 16.3. The molecule has 0 bridgehead atoms. The summed E-state index contributed by atoms with van der Waals surface area (Å²) < 4.78 is 9.06. The van der Waals surface area contributed by atoms with Crippen LogP contribution in [-0.2, 0) is 0 Å². The third kappa shape index (κ3) is 5.37. The molecule has 11 rings (SSSR count). The predicted octanol–water partition coefficient (Wildman–Crippen LogP) is 13.2. The summed E-state index contributed by atoms with van der Waals surface area (Å²) in [5.41, 5.74) is 12.4. The van der Waals surface area contributed by atoms with Crippen molar-refractivity contribution in [2.75, 3.05) is 0 Å². The monoisotopic (exact) mass is 716 g/mol. The van der Waals surface area contributed by atoms with Crippen LogP contribution >= 0.6 is 0 Å². The lowest BCUT2D eigenvalue weighted by atomic mass is 9.99. The molecule has 0 aliphatic carbocycles. The van der Waals surface area contributed by atoms with E-state index in [4.69, 9.17) is 19.4 Å². The van der Waals surface area contributed by atoms with Gasteiger partial charge in [0.15, 0.2) is 17.5 Å². The highest BCUT2D eigenvalue weighted by Gasteiger charge is 2.20. The summed E-state index contributed by atoms with van der Waals surface area (Å²) >= 11 is 0. The van der Waals surface area contributed by atoms with Gasteiger partial charge in [-0.3, -0.25) is 0 Å². The van der Waals surface area contributed by atoms with Gasteiger partial charge in [0.25, 0.3) is 0 Å². The molecule has 56 heavy (non-hydrogen) atoms. The summed E-state index contributed by atoms with van der Waals surface area (Å²) in [6.07, 6.45) is 0. The lowest BCUT2D eigenvalue weighted by Gasteiger charge is -2.11. The fourth-order valence-electron chi connectivity index (χ4n) is 7.97. The van der Waals surface area contributed by atoms with Crippen molar-refractivity contribution >= 4 is 43.7 Å². The molecule has 8 aromatic carbocycles. The largest absolute Gasteiger partial charge is 0.456 e. The molecule has 0 unspecified atom stereocenters. The third-order valence-electron chi connectivity index (χ3n) is 10.7. The van der Waals surface area contributed by atoms with Gasteiger partial charge in [-0.15, -0.1) is 0 Å². The van der Waals surface area contributed by atoms with Crippen LogP contribution in [0.2, 0.25) is 0 Å². The summed E-state index contributed by atoms with van der Waals surface area (Å²) in [6, 6.07) is 67.5. The molecule has 3 heterocycles. The van der Waals surface area contributed by atoms with Gasteiger partial charge in [-0.25, -0.2) is 15.0 Å². The van der Waals surface area contributed by atoms with E-state index in [0.717, 1.165) is 55.3 Å². The Morgan fingerprint density at radius 3 is 1.52 bits per heavy atom. The zero-order chi connectivity index (χ0) is 37.0. The number of aromatic nitrogens is 4. The molecule has 3 aromatic heterocycles. The Hall–Kier alpha value is -7.63. The maximum Gasteiger partial charge on any atom is 0.164 e. The van der Waals surface area contributed by atoms with Crippen LogP contribution in [0.1, 0.15) is 0 Å². The standard InChI is InChI=1S/C51H32N4O/c1-4-13-33(14-5-1)37-19-12-20-38(31-37)34-23-26-40(27-24-34)55-44-22-11-10-21-41(44)42-29-30-45-47(48(42)55)43-28-25-39(32-46(43)56-45)51-53-49(35-15-6-2-7-16-35)52-50(54-51)36-17-8-3-9-18-36/h1-32H. The molecule has 5 nitrogen and oxygen atoms in total. The van der Waals surface area contributed by atoms with Crippen molar-refractivity contribution in [2.45, 2.75) is 0 Å². The van der Waals surface area contributed by atoms with Crippen LogP contribution < -0.4 is 0 Å². The highest BCUT2D eigenvalue weighted by Crippen LogP contribution is 2.42. The molecule has 0 radical (unpaired) electrons. The second-order valence-electron chi connectivity index (χ2n) is 14.0. The Kier molecular flexibility index (Phi) is 7.42. The summed E-state index contributed by atoms with van der Waals surface area (Å²) in [7, 11) is 0. The smallest absolute Gasteiger partial charge is 0.164 e. The molecule has 0 spiro atoms. The van der Waals surface area contributed by atoms with Gasteiger partial charge in [0, 0.05) is 38.5 Å². The van der Waals surface area contributed by atoms with Crippen molar-refractivity contribution in [1.82, 2.24) is 19.5 Å². The van der Waals surface area contributed by atoms with E-state index < -0.39 is 0 Å². The van der Waals surface area contributed by atoms with E-state index in [-0.39, 0.29) is 0 Å². The molecule has 11 aromatic rings. The first kappa shape index (κ1) is 31.9. The van der Waals surface area contributed by atoms with E-state index in [9.17, 15) is 0 Å². The van der Waals surface area contributed by atoms with E-state index in [1.807, 2.05) is 60.7 Å². The first-order chi connectivity index (χ1) is 27.7. The quantitative estimate of drug-likeness (QED) is 0.172. The van der Waals surface area contributed by atoms with Gasteiger partial charge in [-0.05, 0) is 70.8 Å². The second kappa shape index (κ2) is 13.0. The number of hydrogen-bond donors (Lipinski definition) is 0. The van der Waals surface area contributed by atoms with Gasteiger partial charge in [0.05, 0.1) is 16.4 Å². The number of fused-ring (bicyclic) bond motifs is 7. The van der Waals surface area contributed by atoms with E-state index >= 15 is 0 Å². The maximum atomic E-state index is 6.68. The fraction of sp³-hybridized carbons (Fsp3) is 0. The molecule has 0 amide bonds. The van der Waals surface area contributed by atoms with Crippen LogP contribution in [-0.4, -0.2) is 19.5 Å². The number of rotatable bonds is 6. The highest BCUT2D eigenvalue weighted by molar-refractivity contribution is 6.24. The zero-order valence-electron chi connectivity index (χ0n) is 30.2. The van der Waals surface area contributed by atoms with Crippen molar-refractivity contribution in [3.05, 3.63) is 194 Å². The molecule has 0 fully saturated rings. The Balaban J connectivity index is 1.06. The van der Waals surface area contributed by atoms with Crippen LogP contribution in [0.25, 0.3) is 106 Å². The molecule has 0 aliphatic heterocycles.